The Kier molecular flexibility index (Phi) is 4.05. The molecule has 1 fully saturated rings. The number of fused-ring (bicyclic) bond motifs is 1. The van der Waals surface area contributed by atoms with Gasteiger partial charge in [-0.05, 0) is 25.5 Å². The van der Waals surface area contributed by atoms with E-state index in [1.54, 1.807) is 0 Å². The molecule has 2 heterocycles. The second kappa shape index (κ2) is 5.95. The number of benzene rings is 1. The van der Waals surface area contributed by atoms with Gasteiger partial charge in [0.05, 0.1) is 19.3 Å². The van der Waals surface area contributed by atoms with E-state index in [2.05, 4.69) is 25.2 Å². The van der Waals surface area contributed by atoms with Crippen molar-refractivity contribution in [2.24, 2.45) is 0 Å². The van der Waals surface area contributed by atoms with Gasteiger partial charge in [0.1, 0.15) is 11.3 Å². The minimum absolute atomic E-state index is 0.0496. The summed E-state index contributed by atoms with van der Waals surface area (Å²) < 4.78 is 16.8. The monoisotopic (exact) mass is 275 g/mol. The van der Waals surface area contributed by atoms with Crippen molar-refractivity contribution >= 4 is 11.0 Å². The first-order valence-corrected chi connectivity index (χ1v) is 7.20. The molecule has 0 radical (unpaired) electrons. The standard InChI is InChI=1S/C16H21NO3/c1-11-13-5-3-4-6-14(13)20-16(11)12(2)17-8-7-15-18-9-10-19-15/h3-6,12,15,17H,7-10H2,1-2H3/t12-/m1/s1. The second-order valence-electron chi connectivity index (χ2n) is 5.22. The zero-order valence-corrected chi connectivity index (χ0v) is 12.0. The number of furan rings is 1. The predicted molar refractivity (Wildman–Crippen MR) is 77.7 cm³/mol. The van der Waals surface area contributed by atoms with Crippen LogP contribution in [0, 0.1) is 6.92 Å². The normalized spacial score (nSPS) is 17.9. The fourth-order valence-corrected chi connectivity index (χ4v) is 2.69. The highest BCUT2D eigenvalue weighted by atomic mass is 16.7. The van der Waals surface area contributed by atoms with Gasteiger partial charge in [-0.25, -0.2) is 0 Å². The first-order chi connectivity index (χ1) is 9.75. The van der Waals surface area contributed by atoms with Crippen LogP contribution in [0.15, 0.2) is 28.7 Å². The molecule has 0 spiro atoms. The number of para-hydroxylation sites is 1. The van der Waals surface area contributed by atoms with Crippen LogP contribution in [0.3, 0.4) is 0 Å². The molecule has 0 saturated carbocycles. The van der Waals surface area contributed by atoms with E-state index < -0.39 is 0 Å². The Bertz CT molecular complexity index is 572. The average Bonchev–Trinajstić information content (AvgIpc) is 3.08. The van der Waals surface area contributed by atoms with Gasteiger partial charge in [0.2, 0.25) is 0 Å². The minimum atomic E-state index is -0.0496. The van der Waals surface area contributed by atoms with Crippen molar-refractivity contribution in [3.63, 3.8) is 0 Å². The van der Waals surface area contributed by atoms with Crippen molar-refractivity contribution in [1.29, 1.82) is 0 Å². The largest absolute Gasteiger partial charge is 0.459 e. The van der Waals surface area contributed by atoms with Crippen LogP contribution in [-0.2, 0) is 9.47 Å². The van der Waals surface area contributed by atoms with Crippen LogP contribution in [0.2, 0.25) is 0 Å². The average molecular weight is 275 g/mol. The number of aryl methyl sites for hydroxylation is 1. The van der Waals surface area contributed by atoms with Crippen LogP contribution in [-0.4, -0.2) is 26.0 Å². The van der Waals surface area contributed by atoms with Gasteiger partial charge in [-0.3, -0.25) is 0 Å². The summed E-state index contributed by atoms with van der Waals surface area (Å²) in [4.78, 5) is 0. The lowest BCUT2D eigenvalue weighted by Gasteiger charge is -2.14. The maximum Gasteiger partial charge on any atom is 0.159 e. The minimum Gasteiger partial charge on any atom is -0.459 e. The molecule has 20 heavy (non-hydrogen) atoms. The van der Waals surface area contributed by atoms with Crippen LogP contribution in [0.4, 0.5) is 0 Å². The highest BCUT2D eigenvalue weighted by Gasteiger charge is 2.18. The highest BCUT2D eigenvalue weighted by molar-refractivity contribution is 5.82. The van der Waals surface area contributed by atoms with E-state index in [9.17, 15) is 0 Å². The van der Waals surface area contributed by atoms with E-state index in [1.165, 1.54) is 10.9 Å². The predicted octanol–water partition coefficient (Wildman–Crippen LogP) is 3.15. The van der Waals surface area contributed by atoms with E-state index in [-0.39, 0.29) is 12.3 Å². The summed E-state index contributed by atoms with van der Waals surface area (Å²) in [6.45, 7) is 6.51. The molecule has 4 nitrogen and oxygen atoms in total. The first-order valence-electron chi connectivity index (χ1n) is 7.20. The Hall–Kier alpha value is -1.36. The molecule has 1 aliphatic rings. The molecule has 1 aromatic carbocycles. The van der Waals surface area contributed by atoms with Gasteiger partial charge in [-0.2, -0.15) is 0 Å². The smallest absolute Gasteiger partial charge is 0.159 e. The SMILES string of the molecule is Cc1c([C@@H](C)NCCC2OCCO2)oc2ccccc12. The molecule has 108 valence electrons. The Labute approximate surface area is 119 Å². The molecule has 1 saturated heterocycles. The van der Waals surface area contributed by atoms with Crippen LogP contribution in [0.1, 0.15) is 30.7 Å². The fraction of sp³-hybridized carbons (Fsp3) is 0.500. The van der Waals surface area contributed by atoms with Crippen molar-refractivity contribution in [3.8, 4) is 0 Å². The Morgan fingerprint density at radius 3 is 2.75 bits per heavy atom. The lowest BCUT2D eigenvalue weighted by atomic mass is 10.1. The van der Waals surface area contributed by atoms with E-state index in [1.807, 2.05) is 18.2 Å². The second-order valence-corrected chi connectivity index (χ2v) is 5.22. The van der Waals surface area contributed by atoms with Gasteiger partial charge in [-0.15, -0.1) is 0 Å². The molecule has 2 aromatic rings. The van der Waals surface area contributed by atoms with Crippen molar-refractivity contribution in [2.45, 2.75) is 32.6 Å². The van der Waals surface area contributed by atoms with Crippen molar-refractivity contribution in [2.75, 3.05) is 19.8 Å². The molecule has 0 unspecified atom stereocenters. The molecule has 1 atom stereocenters. The van der Waals surface area contributed by atoms with Gasteiger partial charge >= 0.3 is 0 Å². The van der Waals surface area contributed by atoms with Gasteiger partial charge < -0.3 is 19.2 Å². The Balaban J connectivity index is 1.62. The zero-order chi connectivity index (χ0) is 13.9. The summed E-state index contributed by atoms with van der Waals surface area (Å²) in [6.07, 6.45) is 0.815. The molecular formula is C16H21NO3. The number of hydrogen-bond donors (Lipinski definition) is 1. The molecule has 0 bridgehead atoms. The fourth-order valence-electron chi connectivity index (χ4n) is 2.69. The van der Waals surface area contributed by atoms with Crippen LogP contribution in [0.5, 0.6) is 0 Å². The molecular weight excluding hydrogens is 254 g/mol. The Morgan fingerprint density at radius 1 is 1.25 bits per heavy atom. The molecule has 0 aliphatic carbocycles. The van der Waals surface area contributed by atoms with Crippen molar-refractivity contribution in [3.05, 3.63) is 35.6 Å². The quantitative estimate of drug-likeness (QED) is 0.910. The van der Waals surface area contributed by atoms with Crippen LogP contribution in [0.25, 0.3) is 11.0 Å². The number of rotatable bonds is 5. The van der Waals surface area contributed by atoms with Crippen molar-refractivity contribution < 1.29 is 13.9 Å². The highest BCUT2D eigenvalue weighted by Crippen LogP contribution is 2.29. The molecule has 0 amide bonds. The maximum absolute atomic E-state index is 5.96. The van der Waals surface area contributed by atoms with Crippen molar-refractivity contribution in [1.82, 2.24) is 5.32 Å². The molecule has 3 rings (SSSR count). The molecule has 4 heteroatoms. The van der Waals surface area contributed by atoms with E-state index in [0.29, 0.717) is 13.2 Å². The van der Waals surface area contributed by atoms with Gasteiger partial charge in [-0.1, -0.05) is 18.2 Å². The summed E-state index contributed by atoms with van der Waals surface area (Å²) in [7, 11) is 0. The molecule has 1 aliphatic heterocycles. The zero-order valence-electron chi connectivity index (χ0n) is 12.0. The van der Waals surface area contributed by atoms with Gasteiger partial charge in [0.15, 0.2) is 6.29 Å². The summed E-state index contributed by atoms with van der Waals surface area (Å²) in [5, 5.41) is 4.67. The lowest BCUT2D eigenvalue weighted by Crippen LogP contribution is -2.24. The Morgan fingerprint density at radius 2 is 2.00 bits per heavy atom. The summed E-state index contributed by atoms with van der Waals surface area (Å²) in [5.41, 5.74) is 2.17. The summed E-state index contributed by atoms with van der Waals surface area (Å²) >= 11 is 0. The summed E-state index contributed by atoms with van der Waals surface area (Å²) in [5.74, 6) is 1.01. The third-order valence-electron chi connectivity index (χ3n) is 3.80. The van der Waals surface area contributed by atoms with E-state index in [0.717, 1.165) is 24.3 Å². The third kappa shape index (κ3) is 2.73. The lowest BCUT2D eigenvalue weighted by molar-refractivity contribution is -0.0462. The first kappa shape index (κ1) is 13.6. The van der Waals surface area contributed by atoms with Gasteiger partial charge in [0.25, 0.3) is 0 Å². The molecule has 1 N–H and O–H groups in total. The topological polar surface area (TPSA) is 43.6 Å². The number of nitrogens with one attached hydrogen (secondary N) is 1. The maximum atomic E-state index is 5.96. The van der Waals surface area contributed by atoms with E-state index in [4.69, 9.17) is 13.9 Å². The van der Waals surface area contributed by atoms with Crippen LogP contribution >= 0.6 is 0 Å². The third-order valence-corrected chi connectivity index (χ3v) is 3.80. The number of hydrogen-bond acceptors (Lipinski definition) is 4. The van der Waals surface area contributed by atoms with Gasteiger partial charge in [0, 0.05) is 18.4 Å². The summed E-state index contributed by atoms with van der Waals surface area (Å²) in [6, 6.07) is 8.34. The molecule has 1 aromatic heterocycles. The van der Waals surface area contributed by atoms with E-state index >= 15 is 0 Å². The number of ether oxygens (including phenoxy) is 2. The van der Waals surface area contributed by atoms with Crippen LogP contribution < -0.4 is 5.32 Å².